The van der Waals surface area contributed by atoms with Gasteiger partial charge in [0.25, 0.3) is 5.69 Å². The zero-order valence-corrected chi connectivity index (χ0v) is 31.7. The van der Waals surface area contributed by atoms with Crippen molar-refractivity contribution in [3.63, 3.8) is 0 Å². The Balaban J connectivity index is 0.954. The lowest BCUT2D eigenvalue weighted by molar-refractivity contribution is -0.384. The largest absolute Gasteiger partial charge is 0.462 e. The summed E-state index contributed by atoms with van der Waals surface area (Å²) in [5, 5.41) is 19.0. The Kier molecular flexibility index (Phi) is 11.7. The van der Waals surface area contributed by atoms with Gasteiger partial charge in [-0.1, -0.05) is 65.5 Å². The molecule has 0 spiro atoms. The van der Waals surface area contributed by atoms with Gasteiger partial charge in [-0.25, -0.2) is 0 Å². The maximum atomic E-state index is 12.9. The smallest absolute Gasteiger partial charge is 0.311 e. The van der Waals surface area contributed by atoms with Gasteiger partial charge in [-0.3, -0.25) is 19.7 Å². The first-order valence-corrected chi connectivity index (χ1v) is 19.7. The minimum absolute atomic E-state index is 0.0176. The van der Waals surface area contributed by atoms with E-state index in [1.165, 1.54) is 81.2 Å². The van der Waals surface area contributed by atoms with Crippen molar-refractivity contribution in [3.05, 3.63) is 70.3 Å². The number of nitro groups is 1. The van der Waals surface area contributed by atoms with Crippen molar-refractivity contribution in [2.24, 2.45) is 56.6 Å². The van der Waals surface area contributed by atoms with Crippen LogP contribution in [0.3, 0.4) is 0 Å². The van der Waals surface area contributed by atoms with Gasteiger partial charge in [0.1, 0.15) is 11.9 Å². The lowest BCUT2D eigenvalue weighted by Crippen LogP contribution is -2.51. The zero-order chi connectivity index (χ0) is 37.0. The van der Waals surface area contributed by atoms with Crippen LogP contribution >= 0.6 is 0 Å². The van der Waals surface area contributed by atoms with Gasteiger partial charge in [0, 0.05) is 18.6 Å². The number of rotatable bonds is 13. The SMILES string of the molecule is CC(C)CCC[C@@H](C)[C@H]1CC[C@H]2[C@@H]3CC=C4CC(OC(=O)CCC(=O)Oc5ccc(N=Nc6ccc([N+](=O)[O-])cc6)cc5)CC[C@]4(C)[C@H]3CC[C@]12C. The summed E-state index contributed by atoms with van der Waals surface area (Å²) in [7, 11) is 0. The van der Waals surface area contributed by atoms with Crippen molar-refractivity contribution in [2.75, 3.05) is 0 Å². The number of carbonyl (C=O) groups is 2. The third-order valence-electron chi connectivity index (χ3n) is 13.5. The van der Waals surface area contributed by atoms with Crippen molar-refractivity contribution in [1.82, 2.24) is 0 Å². The topological polar surface area (TPSA) is 120 Å². The Hall–Kier alpha value is -3.88. The molecule has 1 unspecified atom stereocenters. The maximum absolute atomic E-state index is 12.9. The molecule has 0 saturated heterocycles. The first kappa shape index (κ1) is 37.9. The summed E-state index contributed by atoms with van der Waals surface area (Å²) in [5.74, 6) is 4.28. The van der Waals surface area contributed by atoms with Crippen LogP contribution in [-0.2, 0) is 14.3 Å². The fourth-order valence-corrected chi connectivity index (χ4v) is 10.7. The number of nitrogens with zero attached hydrogens (tertiary/aromatic N) is 3. The van der Waals surface area contributed by atoms with E-state index in [1.54, 1.807) is 24.3 Å². The molecule has 9 heteroatoms. The lowest BCUT2D eigenvalue weighted by Gasteiger charge is -2.58. The summed E-state index contributed by atoms with van der Waals surface area (Å²) in [6.45, 7) is 12.4. The minimum Gasteiger partial charge on any atom is -0.462 e. The Morgan fingerprint density at radius 3 is 2.21 bits per heavy atom. The zero-order valence-electron chi connectivity index (χ0n) is 31.7. The highest BCUT2D eigenvalue weighted by molar-refractivity contribution is 5.79. The molecule has 0 radical (unpaired) electrons. The molecule has 280 valence electrons. The van der Waals surface area contributed by atoms with Crippen LogP contribution in [-0.4, -0.2) is 23.0 Å². The third-order valence-corrected chi connectivity index (χ3v) is 13.5. The molecule has 0 N–H and O–H groups in total. The molecule has 0 aromatic heterocycles. The van der Waals surface area contributed by atoms with Crippen LogP contribution in [0.15, 0.2) is 70.4 Å². The number of carbonyl (C=O) groups excluding carboxylic acids is 2. The number of nitro benzene ring substituents is 1. The number of fused-ring (bicyclic) bond motifs is 5. The molecule has 3 fully saturated rings. The molecule has 9 nitrogen and oxygen atoms in total. The number of allylic oxidation sites excluding steroid dienone is 1. The van der Waals surface area contributed by atoms with E-state index >= 15 is 0 Å². The van der Waals surface area contributed by atoms with Gasteiger partial charge in [-0.15, -0.1) is 0 Å². The van der Waals surface area contributed by atoms with Crippen LogP contribution in [0.4, 0.5) is 17.1 Å². The molecule has 4 aliphatic carbocycles. The average molecular weight is 712 g/mol. The number of ether oxygens (including phenoxy) is 2. The molecule has 3 saturated carbocycles. The number of benzene rings is 2. The number of azo groups is 1. The summed E-state index contributed by atoms with van der Waals surface area (Å²) in [6, 6.07) is 12.3. The number of hydrogen-bond acceptors (Lipinski definition) is 8. The van der Waals surface area contributed by atoms with Crippen LogP contribution in [0.2, 0.25) is 0 Å². The highest BCUT2D eigenvalue weighted by atomic mass is 16.6. The van der Waals surface area contributed by atoms with E-state index in [0.717, 1.165) is 54.8 Å². The Labute approximate surface area is 309 Å². The normalized spacial score (nSPS) is 30.2. The molecular weight excluding hydrogens is 654 g/mol. The molecule has 2 aromatic rings. The van der Waals surface area contributed by atoms with E-state index in [9.17, 15) is 19.7 Å². The molecule has 4 aliphatic rings. The van der Waals surface area contributed by atoms with Crippen molar-refractivity contribution in [1.29, 1.82) is 0 Å². The quantitative estimate of drug-likeness (QED) is 0.0509. The molecule has 0 heterocycles. The van der Waals surface area contributed by atoms with Gasteiger partial charge >= 0.3 is 11.9 Å². The standard InChI is InChI=1S/C43H57N3O6/c1-28(2)7-6-8-29(3)37-19-20-38-36-18-9-30-27-35(23-25-42(30,4)39(36)24-26-43(37,38)5)52-41(48)22-21-40(47)51-34-16-12-32(13-17-34)45-44-31-10-14-33(15-11-31)46(49)50/h9-17,28-29,35-39H,6-8,18-27H2,1-5H3/t29-,35?,36+,37-,38+,39+,42+,43-/m1/s1. The first-order chi connectivity index (χ1) is 24.9. The Morgan fingerprint density at radius 2 is 1.54 bits per heavy atom. The Bertz CT molecular complexity index is 1650. The van der Waals surface area contributed by atoms with Gasteiger partial charge in [0.15, 0.2) is 0 Å². The van der Waals surface area contributed by atoms with Gasteiger partial charge in [-0.05, 0) is 128 Å². The summed E-state index contributed by atoms with van der Waals surface area (Å²) in [6.07, 6.45) is 15.8. The maximum Gasteiger partial charge on any atom is 0.311 e. The molecule has 0 aliphatic heterocycles. The van der Waals surface area contributed by atoms with Crippen LogP contribution in [0, 0.1) is 56.5 Å². The van der Waals surface area contributed by atoms with Gasteiger partial charge < -0.3 is 9.47 Å². The summed E-state index contributed by atoms with van der Waals surface area (Å²) < 4.78 is 11.4. The molecule has 2 aromatic carbocycles. The molecule has 52 heavy (non-hydrogen) atoms. The second kappa shape index (κ2) is 16.0. The van der Waals surface area contributed by atoms with Crippen molar-refractivity contribution < 1.29 is 24.0 Å². The van der Waals surface area contributed by atoms with E-state index in [-0.39, 0.29) is 36.0 Å². The third kappa shape index (κ3) is 8.34. The number of hydrogen-bond donors (Lipinski definition) is 0. The van der Waals surface area contributed by atoms with E-state index in [2.05, 4.69) is 50.9 Å². The monoisotopic (exact) mass is 711 g/mol. The Morgan fingerprint density at radius 1 is 0.865 bits per heavy atom. The van der Waals surface area contributed by atoms with Crippen molar-refractivity contribution >= 4 is 29.0 Å². The van der Waals surface area contributed by atoms with E-state index < -0.39 is 10.9 Å². The summed E-state index contributed by atoms with van der Waals surface area (Å²) >= 11 is 0. The predicted molar refractivity (Wildman–Crippen MR) is 202 cm³/mol. The average Bonchev–Trinajstić information content (AvgIpc) is 3.48. The molecule has 0 amide bonds. The molecular formula is C43H57N3O6. The van der Waals surface area contributed by atoms with Gasteiger partial charge in [-0.2, -0.15) is 10.2 Å². The summed E-state index contributed by atoms with van der Waals surface area (Å²) in [5.41, 5.74) is 3.15. The van der Waals surface area contributed by atoms with Crippen LogP contribution in [0.5, 0.6) is 5.75 Å². The van der Waals surface area contributed by atoms with Crippen molar-refractivity contribution in [3.8, 4) is 5.75 Å². The van der Waals surface area contributed by atoms with Crippen LogP contribution in [0.25, 0.3) is 0 Å². The molecule has 6 rings (SSSR count). The highest BCUT2D eigenvalue weighted by Gasteiger charge is 2.59. The fraction of sp³-hybridized carbons (Fsp3) is 0.628. The summed E-state index contributed by atoms with van der Waals surface area (Å²) in [4.78, 5) is 35.7. The number of non-ortho nitro benzene ring substituents is 1. The van der Waals surface area contributed by atoms with Gasteiger partial charge in [0.2, 0.25) is 0 Å². The molecule has 8 atom stereocenters. The van der Waals surface area contributed by atoms with Crippen molar-refractivity contribution in [2.45, 2.75) is 124 Å². The number of esters is 2. The van der Waals surface area contributed by atoms with Crippen LogP contribution in [0.1, 0.15) is 118 Å². The second-order valence-corrected chi connectivity index (χ2v) is 17.1. The minimum atomic E-state index is -0.502. The highest BCUT2D eigenvalue weighted by Crippen LogP contribution is 2.67. The lowest BCUT2D eigenvalue weighted by atomic mass is 9.47. The van der Waals surface area contributed by atoms with Crippen LogP contribution < -0.4 is 4.74 Å². The first-order valence-electron chi connectivity index (χ1n) is 19.7. The second-order valence-electron chi connectivity index (χ2n) is 17.1. The van der Waals surface area contributed by atoms with E-state index in [4.69, 9.17) is 9.47 Å². The fourth-order valence-electron chi connectivity index (χ4n) is 10.7. The molecule has 0 bridgehead atoms. The van der Waals surface area contributed by atoms with Gasteiger partial charge in [0.05, 0.1) is 29.1 Å². The van der Waals surface area contributed by atoms with E-state index in [0.29, 0.717) is 22.5 Å². The van der Waals surface area contributed by atoms with E-state index in [1.807, 2.05) is 0 Å². The predicted octanol–water partition coefficient (Wildman–Crippen LogP) is 11.6.